The highest BCUT2D eigenvalue weighted by Crippen LogP contribution is 2.03. The minimum absolute atomic E-state index is 0.630. The van der Waals surface area contributed by atoms with Crippen molar-refractivity contribution in [2.75, 3.05) is 0 Å². The van der Waals surface area contributed by atoms with E-state index in [-0.39, 0.29) is 0 Å². The molecule has 3 heteroatoms. The maximum absolute atomic E-state index is 11.9. The van der Waals surface area contributed by atoms with Gasteiger partial charge in [0.15, 0.2) is 0 Å². The molecule has 1 atom stereocenters. The zero-order valence-electron chi connectivity index (χ0n) is 5.24. The maximum atomic E-state index is 11.9. The van der Waals surface area contributed by atoms with E-state index in [0.717, 1.165) is 6.42 Å². The highest BCUT2D eigenvalue weighted by molar-refractivity contribution is 5.19. The van der Waals surface area contributed by atoms with Gasteiger partial charge in [0.2, 0.25) is 6.36 Å². The van der Waals surface area contributed by atoms with Gasteiger partial charge in [-0.15, -0.1) is 0 Å². The van der Waals surface area contributed by atoms with Gasteiger partial charge in [-0.05, 0) is 17.7 Å². The van der Waals surface area contributed by atoms with Crippen molar-refractivity contribution in [2.24, 2.45) is 0 Å². The number of nitrogens with zero attached hydrogens (tertiary/aromatic N) is 1. The van der Waals surface area contributed by atoms with E-state index in [1.54, 1.807) is 12.1 Å². The summed E-state index contributed by atoms with van der Waals surface area (Å²) in [5.74, 6) is 0. The molecule has 10 heavy (non-hydrogen) atoms. The Hall–Kier alpha value is -0.960. The minimum Gasteiger partial charge on any atom is -0.364 e. The third-order valence-electron chi connectivity index (χ3n) is 1.04. The summed E-state index contributed by atoms with van der Waals surface area (Å²) < 4.78 is 11.9. The molecule has 1 aromatic rings. The Bertz CT molecular complexity index is 188. The van der Waals surface area contributed by atoms with Crippen LogP contribution >= 0.6 is 0 Å². The first-order valence-electron chi connectivity index (χ1n) is 2.86. The summed E-state index contributed by atoms with van der Waals surface area (Å²) in [5.41, 5.74) is 0.630. The molecule has 0 aromatic carbocycles. The second-order valence-corrected chi connectivity index (χ2v) is 1.82. The lowest BCUT2D eigenvalue weighted by atomic mass is 10.2. The molecule has 0 saturated heterocycles. The molecule has 1 rings (SSSR count). The third-order valence-corrected chi connectivity index (χ3v) is 1.04. The molecular formula is C7H7FNO. The first-order chi connectivity index (χ1) is 4.79. The standard InChI is InChI=1S/C7H7FNO/c8-7(10)5-6-1-3-9-4-2-6/h1-5,7,10H. The SMILES string of the molecule is OC(F)[CH]c1ccncc1. The molecule has 1 N–H and O–H groups in total. The number of rotatable bonds is 2. The number of hydrogen-bond donors (Lipinski definition) is 1. The van der Waals surface area contributed by atoms with Gasteiger partial charge in [0.25, 0.3) is 0 Å². The fourth-order valence-corrected chi connectivity index (χ4v) is 0.633. The van der Waals surface area contributed by atoms with Crippen molar-refractivity contribution in [2.45, 2.75) is 6.36 Å². The van der Waals surface area contributed by atoms with Crippen LogP contribution in [0.2, 0.25) is 0 Å². The molecule has 1 aromatic heterocycles. The topological polar surface area (TPSA) is 33.1 Å². The lowest BCUT2D eigenvalue weighted by Crippen LogP contribution is -1.98. The van der Waals surface area contributed by atoms with Gasteiger partial charge in [0.1, 0.15) is 0 Å². The van der Waals surface area contributed by atoms with Crippen LogP contribution in [-0.4, -0.2) is 16.4 Å². The summed E-state index contributed by atoms with van der Waals surface area (Å²) in [6, 6.07) is 3.23. The van der Waals surface area contributed by atoms with Crippen molar-refractivity contribution in [1.29, 1.82) is 0 Å². The summed E-state index contributed by atoms with van der Waals surface area (Å²) >= 11 is 0. The Balaban J connectivity index is 2.59. The molecule has 53 valence electrons. The maximum Gasteiger partial charge on any atom is 0.204 e. The smallest absolute Gasteiger partial charge is 0.204 e. The molecule has 0 aliphatic carbocycles. The normalized spacial score (nSPS) is 13.0. The number of aliphatic hydroxyl groups is 1. The second-order valence-electron chi connectivity index (χ2n) is 1.82. The molecule has 0 aliphatic heterocycles. The predicted octanol–water partition coefficient (Wildman–Crippen LogP) is 0.922. The summed E-state index contributed by atoms with van der Waals surface area (Å²) in [5, 5.41) is 8.26. The third kappa shape index (κ3) is 2.11. The number of aromatic nitrogens is 1. The summed E-state index contributed by atoms with van der Waals surface area (Å²) in [7, 11) is 0. The van der Waals surface area contributed by atoms with E-state index in [1.165, 1.54) is 12.4 Å². The number of halogens is 1. The van der Waals surface area contributed by atoms with Crippen molar-refractivity contribution < 1.29 is 9.50 Å². The van der Waals surface area contributed by atoms with E-state index in [2.05, 4.69) is 4.98 Å². The number of aliphatic hydroxyl groups excluding tert-OH is 1. The molecule has 0 saturated carbocycles. The Morgan fingerprint density at radius 3 is 2.60 bits per heavy atom. The van der Waals surface area contributed by atoms with Gasteiger partial charge < -0.3 is 5.11 Å². The average molecular weight is 140 g/mol. The highest BCUT2D eigenvalue weighted by Gasteiger charge is 2.00. The summed E-state index contributed by atoms with van der Waals surface area (Å²) in [4.78, 5) is 3.73. The van der Waals surface area contributed by atoms with E-state index in [4.69, 9.17) is 5.11 Å². The quantitative estimate of drug-likeness (QED) is 0.662. The van der Waals surface area contributed by atoms with Crippen LogP contribution in [-0.2, 0) is 0 Å². The number of alkyl halides is 1. The second kappa shape index (κ2) is 3.27. The van der Waals surface area contributed by atoms with Gasteiger partial charge in [-0.25, -0.2) is 4.39 Å². The molecule has 0 amide bonds. The van der Waals surface area contributed by atoms with Crippen LogP contribution in [0.5, 0.6) is 0 Å². The van der Waals surface area contributed by atoms with Crippen LogP contribution in [0.25, 0.3) is 0 Å². The van der Waals surface area contributed by atoms with Crippen molar-refractivity contribution in [3.63, 3.8) is 0 Å². The van der Waals surface area contributed by atoms with Crippen LogP contribution in [0, 0.1) is 6.42 Å². The molecular weight excluding hydrogens is 133 g/mol. The lowest BCUT2D eigenvalue weighted by molar-refractivity contribution is 0.0760. The Morgan fingerprint density at radius 1 is 1.50 bits per heavy atom. The zero-order chi connectivity index (χ0) is 7.40. The summed E-state index contributed by atoms with van der Waals surface area (Å²) in [6.45, 7) is 0. The van der Waals surface area contributed by atoms with Crippen LogP contribution in [0.4, 0.5) is 4.39 Å². The van der Waals surface area contributed by atoms with Crippen LogP contribution < -0.4 is 0 Å². The van der Waals surface area contributed by atoms with Crippen LogP contribution in [0.3, 0.4) is 0 Å². The van der Waals surface area contributed by atoms with Gasteiger partial charge in [-0.1, -0.05) is 0 Å². The van der Waals surface area contributed by atoms with Crippen molar-refractivity contribution in [3.8, 4) is 0 Å². The molecule has 0 spiro atoms. The van der Waals surface area contributed by atoms with Crippen molar-refractivity contribution in [1.82, 2.24) is 4.98 Å². The fourth-order valence-electron chi connectivity index (χ4n) is 0.633. The number of pyridine rings is 1. The first kappa shape index (κ1) is 7.15. The summed E-state index contributed by atoms with van der Waals surface area (Å²) in [6.07, 6.45) is 2.28. The van der Waals surface area contributed by atoms with Gasteiger partial charge in [-0.2, -0.15) is 0 Å². The average Bonchev–Trinajstić information content (AvgIpc) is 1.88. The van der Waals surface area contributed by atoms with E-state index in [1.807, 2.05) is 0 Å². The molecule has 2 nitrogen and oxygen atoms in total. The van der Waals surface area contributed by atoms with Gasteiger partial charge in [0, 0.05) is 12.4 Å². The molecule has 1 radical (unpaired) electrons. The van der Waals surface area contributed by atoms with Gasteiger partial charge in [0.05, 0.1) is 6.42 Å². The predicted molar refractivity (Wildman–Crippen MR) is 34.8 cm³/mol. The van der Waals surface area contributed by atoms with Crippen molar-refractivity contribution in [3.05, 3.63) is 36.5 Å². The van der Waals surface area contributed by atoms with E-state index in [9.17, 15) is 4.39 Å². The number of hydrogen-bond acceptors (Lipinski definition) is 2. The molecule has 1 heterocycles. The Kier molecular flexibility index (Phi) is 2.34. The van der Waals surface area contributed by atoms with E-state index in [0.29, 0.717) is 5.56 Å². The highest BCUT2D eigenvalue weighted by atomic mass is 19.1. The Morgan fingerprint density at radius 2 is 2.10 bits per heavy atom. The van der Waals surface area contributed by atoms with Crippen LogP contribution in [0.15, 0.2) is 24.5 Å². The minimum atomic E-state index is -1.89. The molecule has 0 fully saturated rings. The Labute approximate surface area is 58.3 Å². The van der Waals surface area contributed by atoms with Gasteiger partial charge in [-0.3, -0.25) is 4.98 Å². The fraction of sp³-hybridized carbons (Fsp3) is 0.143. The van der Waals surface area contributed by atoms with E-state index >= 15 is 0 Å². The van der Waals surface area contributed by atoms with Gasteiger partial charge >= 0.3 is 0 Å². The first-order valence-corrected chi connectivity index (χ1v) is 2.86. The molecule has 1 unspecified atom stereocenters. The van der Waals surface area contributed by atoms with Crippen molar-refractivity contribution >= 4 is 0 Å². The molecule has 0 aliphatic rings. The van der Waals surface area contributed by atoms with E-state index < -0.39 is 6.36 Å². The monoisotopic (exact) mass is 140 g/mol. The largest absolute Gasteiger partial charge is 0.364 e. The van der Waals surface area contributed by atoms with Crippen LogP contribution in [0.1, 0.15) is 5.56 Å². The zero-order valence-corrected chi connectivity index (χ0v) is 5.24. The molecule has 0 bridgehead atoms. The lowest BCUT2D eigenvalue weighted by Gasteiger charge is -1.97.